The van der Waals surface area contributed by atoms with Crippen molar-refractivity contribution in [3.63, 3.8) is 0 Å². The summed E-state index contributed by atoms with van der Waals surface area (Å²) in [6, 6.07) is 4.16. The van der Waals surface area contributed by atoms with Gasteiger partial charge in [-0.15, -0.1) is 11.3 Å². The van der Waals surface area contributed by atoms with Crippen molar-refractivity contribution < 1.29 is 8.42 Å². The molecule has 0 spiro atoms. The van der Waals surface area contributed by atoms with E-state index in [0.717, 1.165) is 3.79 Å². The molecule has 0 saturated carbocycles. The summed E-state index contributed by atoms with van der Waals surface area (Å²) in [6.45, 7) is 1.97. The topological polar surface area (TPSA) is 63.4 Å². The van der Waals surface area contributed by atoms with Crippen LogP contribution in [0.4, 0.5) is 0 Å². The Labute approximate surface area is 127 Å². The lowest BCUT2D eigenvalue weighted by atomic mass is 10.0. The second kappa shape index (κ2) is 5.81. The van der Waals surface area contributed by atoms with Crippen molar-refractivity contribution >= 4 is 37.1 Å². The lowest BCUT2D eigenvalue weighted by Gasteiger charge is -2.34. The molecule has 3 unspecified atom stereocenters. The van der Waals surface area contributed by atoms with Gasteiger partial charge in [-0.05, 0) is 48.5 Å². The summed E-state index contributed by atoms with van der Waals surface area (Å²) in [4.78, 5) is 3.31. The Kier molecular flexibility index (Phi) is 4.72. The van der Waals surface area contributed by atoms with Crippen molar-refractivity contribution in [1.29, 1.82) is 0 Å². The number of halogens is 1. The third kappa shape index (κ3) is 3.58. The average molecular weight is 367 g/mol. The standard InChI is InChI=1S/C12H19BrN2O2S2/c1-8(14)12(10-3-4-11(13)18-10)15(2)9-5-6-19(16,17)7-9/h3-4,8-9,12H,5-7,14H2,1-2H3. The van der Waals surface area contributed by atoms with Crippen molar-refractivity contribution in [3.05, 3.63) is 20.8 Å². The Morgan fingerprint density at radius 2 is 2.21 bits per heavy atom. The lowest BCUT2D eigenvalue weighted by molar-refractivity contribution is 0.171. The monoisotopic (exact) mass is 366 g/mol. The van der Waals surface area contributed by atoms with E-state index in [1.807, 2.05) is 20.0 Å². The largest absolute Gasteiger partial charge is 0.326 e. The first-order chi connectivity index (χ1) is 8.80. The minimum absolute atomic E-state index is 0.0427. The van der Waals surface area contributed by atoms with Crippen LogP contribution in [0.15, 0.2) is 15.9 Å². The first-order valence-electron chi connectivity index (χ1n) is 6.23. The van der Waals surface area contributed by atoms with Gasteiger partial charge in [0, 0.05) is 17.0 Å². The Bertz CT molecular complexity index is 542. The molecule has 3 atom stereocenters. The fraction of sp³-hybridized carbons (Fsp3) is 0.667. The summed E-state index contributed by atoms with van der Waals surface area (Å²) in [5.41, 5.74) is 6.11. The van der Waals surface area contributed by atoms with Crippen LogP contribution in [0.3, 0.4) is 0 Å². The second-order valence-electron chi connectivity index (χ2n) is 5.17. The number of nitrogens with zero attached hydrogens (tertiary/aromatic N) is 1. The molecule has 2 N–H and O–H groups in total. The molecule has 1 aromatic rings. The fourth-order valence-corrected chi connectivity index (χ4v) is 6.12. The van der Waals surface area contributed by atoms with Gasteiger partial charge in [0.15, 0.2) is 9.84 Å². The zero-order valence-corrected chi connectivity index (χ0v) is 14.3. The van der Waals surface area contributed by atoms with Crippen LogP contribution in [0.5, 0.6) is 0 Å². The van der Waals surface area contributed by atoms with E-state index >= 15 is 0 Å². The van der Waals surface area contributed by atoms with Gasteiger partial charge >= 0.3 is 0 Å². The van der Waals surface area contributed by atoms with Crippen molar-refractivity contribution in [2.24, 2.45) is 5.73 Å². The molecule has 4 nitrogen and oxygen atoms in total. The highest BCUT2D eigenvalue weighted by Crippen LogP contribution is 2.34. The van der Waals surface area contributed by atoms with Gasteiger partial charge in [0.25, 0.3) is 0 Å². The van der Waals surface area contributed by atoms with E-state index < -0.39 is 9.84 Å². The number of hydrogen-bond donors (Lipinski definition) is 1. The van der Waals surface area contributed by atoms with Gasteiger partial charge in [-0.25, -0.2) is 8.42 Å². The molecule has 1 saturated heterocycles. The van der Waals surface area contributed by atoms with Gasteiger partial charge in [0.2, 0.25) is 0 Å². The van der Waals surface area contributed by atoms with Gasteiger partial charge in [0.05, 0.1) is 21.3 Å². The van der Waals surface area contributed by atoms with Crippen LogP contribution >= 0.6 is 27.3 Å². The Morgan fingerprint density at radius 1 is 1.53 bits per heavy atom. The molecule has 0 aromatic carbocycles. The molecule has 0 aliphatic carbocycles. The minimum Gasteiger partial charge on any atom is -0.326 e. The molecule has 1 aromatic heterocycles. The van der Waals surface area contributed by atoms with Crippen LogP contribution in [-0.4, -0.2) is 44.0 Å². The van der Waals surface area contributed by atoms with E-state index in [4.69, 9.17) is 5.73 Å². The van der Waals surface area contributed by atoms with E-state index in [0.29, 0.717) is 12.2 Å². The van der Waals surface area contributed by atoms with Crippen LogP contribution in [0.1, 0.15) is 24.3 Å². The van der Waals surface area contributed by atoms with E-state index in [9.17, 15) is 8.42 Å². The van der Waals surface area contributed by atoms with Crippen LogP contribution < -0.4 is 5.73 Å². The fourth-order valence-electron chi connectivity index (χ4n) is 2.64. The summed E-state index contributed by atoms with van der Waals surface area (Å²) in [5.74, 6) is 0.543. The summed E-state index contributed by atoms with van der Waals surface area (Å²) in [6.07, 6.45) is 0.703. The number of sulfone groups is 1. The zero-order valence-electron chi connectivity index (χ0n) is 11.0. The Morgan fingerprint density at radius 3 is 2.63 bits per heavy atom. The Hall–Kier alpha value is 0.0500. The first-order valence-corrected chi connectivity index (χ1v) is 9.66. The molecular weight excluding hydrogens is 348 g/mol. The van der Waals surface area contributed by atoms with Crippen LogP contribution in [0, 0.1) is 0 Å². The predicted octanol–water partition coefficient (Wildman–Crippen LogP) is 2.02. The number of thiophene rings is 1. The molecule has 19 heavy (non-hydrogen) atoms. The molecule has 2 heterocycles. The lowest BCUT2D eigenvalue weighted by Crippen LogP contribution is -2.43. The molecule has 2 rings (SSSR count). The number of rotatable bonds is 4. The van der Waals surface area contributed by atoms with Crippen LogP contribution in [0.2, 0.25) is 0 Å². The highest BCUT2D eigenvalue weighted by atomic mass is 79.9. The van der Waals surface area contributed by atoms with Gasteiger partial charge < -0.3 is 5.73 Å². The quantitative estimate of drug-likeness (QED) is 0.885. The molecule has 1 fully saturated rings. The summed E-state index contributed by atoms with van der Waals surface area (Å²) >= 11 is 5.12. The Balaban J connectivity index is 2.20. The third-order valence-corrected chi connectivity index (χ3v) is 7.05. The molecule has 1 aliphatic rings. The first kappa shape index (κ1) is 15.4. The van der Waals surface area contributed by atoms with E-state index in [2.05, 4.69) is 26.9 Å². The SMILES string of the molecule is CC(N)C(c1ccc(Br)s1)N(C)C1CCS(=O)(=O)C1. The molecule has 108 valence electrons. The third-order valence-electron chi connectivity index (χ3n) is 3.61. The van der Waals surface area contributed by atoms with Gasteiger partial charge in [-0.3, -0.25) is 4.90 Å². The van der Waals surface area contributed by atoms with Crippen molar-refractivity contribution in [1.82, 2.24) is 4.90 Å². The number of hydrogen-bond acceptors (Lipinski definition) is 5. The molecule has 0 bridgehead atoms. The van der Waals surface area contributed by atoms with Crippen molar-refractivity contribution in [3.8, 4) is 0 Å². The normalized spacial score (nSPS) is 25.6. The summed E-state index contributed by atoms with van der Waals surface area (Å²) in [5, 5.41) is 0. The highest BCUT2D eigenvalue weighted by molar-refractivity contribution is 9.11. The van der Waals surface area contributed by atoms with Crippen molar-refractivity contribution in [2.45, 2.75) is 31.5 Å². The molecule has 0 radical (unpaired) electrons. The van der Waals surface area contributed by atoms with Gasteiger partial charge in [-0.1, -0.05) is 0 Å². The molecule has 1 aliphatic heterocycles. The van der Waals surface area contributed by atoms with Crippen molar-refractivity contribution in [2.75, 3.05) is 18.6 Å². The molecule has 7 heteroatoms. The van der Waals surface area contributed by atoms with Crippen LogP contribution in [0.25, 0.3) is 0 Å². The van der Waals surface area contributed by atoms with E-state index in [1.54, 1.807) is 11.3 Å². The summed E-state index contributed by atoms with van der Waals surface area (Å²) < 4.78 is 24.3. The predicted molar refractivity (Wildman–Crippen MR) is 83.2 cm³/mol. The smallest absolute Gasteiger partial charge is 0.151 e. The maximum absolute atomic E-state index is 11.6. The number of likely N-dealkylation sites (N-methyl/N-ethyl adjacent to an activating group) is 1. The summed E-state index contributed by atoms with van der Waals surface area (Å²) in [7, 11) is -0.886. The second-order valence-corrected chi connectivity index (χ2v) is 9.89. The van der Waals surface area contributed by atoms with Crippen LogP contribution in [-0.2, 0) is 9.84 Å². The highest BCUT2D eigenvalue weighted by Gasteiger charge is 2.35. The molecule has 0 amide bonds. The average Bonchev–Trinajstić information content (AvgIpc) is 2.84. The van der Waals surface area contributed by atoms with Gasteiger partial charge in [0.1, 0.15) is 0 Å². The number of nitrogens with two attached hydrogens (primary N) is 1. The maximum atomic E-state index is 11.6. The van der Waals surface area contributed by atoms with Gasteiger partial charge in [-0.2, -0.15) is 0 Å². The molecular formula is C12H19BrN2O2S2. The minimum atomic E-state index is -2.87. The zero-order chi connectivity index (χ0) is 14.2. The van der Waals surface area contributed by atoms with E-state index in [-0.39, 0.29) is 23.9 Å². The maximum Gasteiger partial charge on any atom is 0.151 e. The van der Waals surface area contributed by atoms with E-state index in [1.165, 1.54) is 4.88 Å².